The summed E-state index contributed by atoms with van der Waals surface area (Å²) in [6.45, 7) is 4.85. The molecule has 1 aliphatic rings. The first kappa shape index (κ1) is 19.4. The molecule has 0 saturated carbocycles. The number of carbonyl (C=O) groups is 1. The molecule has 1 fully saturated rings. The van der Waals surface area contributed by atoms with E-state index in [2.05, 4.69) is 6.58 Å². The molecule has 2 aromatic rings. The predicted octanol–water partition coefficient (Wildman–Crippen LogP) is 3.96. The summed E-state index contributed by atoms with van der Waals surface area (Å²) in [6.07, 6.45) is 3.51. The van der Waals surface area contributed by atoms with E-state index in [1.165, 1.54) is 6.26 Å². The molecule has 2 aromatic carbocycles. The van der Waals surface area contributed by atoms with E-state index in [4.69, 9.17) is 11.6 Å². The second-order valence-electron chi connectivity index (χ2n) is 6.45. The fourth-order valence-corrected chi connectivity index (χ4v) is 3.97. The number of rotatable bonds is 5. The van der Waals surface area contributed by atoms with E-state index >= 15 is 0 Å². The van der Waals surface area contributed by atoms with E-state index in [1.807, 2.05) is 12.1 Å². The van der Waals surface area contributed by atoms with Crippen LogP contribution in [0.1, 0.15) is 17.5 Å². The van der Waals surface area contributed by atoms with Crippen LogP contribution in [-0.4, -0.2) is 38.6 Å². The Balaban J connectivity index is 2.14. The molecule has 0 unspecified atom stereocenters. The topological polar surface area (TPSA) is 54.5 Å². The summed E-state index contributed by atoms with van der Waals surface area (Å²) in [5, 5.41) is 0.613. The minimum Gasteiger partial charge on any atom is -0.335 e. The van der Waals surface area contributed by atoms with Gasteiger partial charge in [-0.05, 0) is 47.4 Å². The van der Waals surface area contributed by atoms with Crippen LogP contribution in [0.2, 0.25) is 5.02 Å². The molecule has 0 aliphatic carbocycles. The maximum absolute atomic E-state index is 12.9. The summed E-state index contributed by atoms with van der Waals surface area (Å²) in [5.74, 6) is -0.0213. The van der Waals surface area contributed by atoms with E-state index in [-0.39, 0.29) is 10.8 Å². The molecule has 140 valence electrons. The van der Waals surface area contributed by atoms with Crippen molar-refractivity contribution in [2.45, 2.75) is 11.3 Å². The van der Waals surface area contributed by atoms with Gasteiger partial charge in [-0.3, -0.25) is 4.79 Å². The Labute approximate surface area is 164 Å². The molecule has 4 nitrogen and oxygen atoms in total. The van der Waals surface area contributed by atoms with Crippen LogP contribution in [0.15, 0.2) is 71.7 Å². The molecule has 0 aromatic heterocycles. The third kappa shape index (κ3) is 4.15. The van der Waals surface area contributed by atoms with Crippen LogP contribution >= 0.6 is 11.6 Å². The summed E-state index contributed by atoms with van der Waals surface area (Å²) in [7, 11) is -3.28. The summed E-state index contributed by atoms with van der Waals surface area (Å²) in [4.78, 5) is 14.9. The highest BCUT2D eigenvalue weighted by atomic mass is 35.5. The van der Waals surface area contributed by atoms with Crippen LogP contribution in [-0.2, 0) is 14.6 Å². The van der Waals surface area contributed by atoms with Gasteiger partial charge in [-0.1, -0.05) is 41.9 Å². The van der Waals surface area contributed by atoms with Gasteiger partial charge in [-0.25, -0.2) is 8.42 Å². The number of sulfone groups is 1. The maximum atomic E-state index is 12.9. The van der Waals surface area contributed by atoms with E-state index in [0.29, 0.717) is 30.1 Å². The molecule has 0 atom stereocenters. The van der Waals surface area contributed by atoms with E-state index in [1.54, 1.807) is 47.4 Å². The quantitative estimate of drug-likeness (QED) is 0.562. The number of benzene rings is 2. The third-order valence-corrected chi connectivity index (χ3v) is 5.91. The zero-order valence-corrected chi connectivity index (χ0v) is 16.6. The Morgan fingerprint density at radius 1 is 1.11 bits per heavy atom. The van der Waals surface area contributed by atoms with Crippen LogP contribution in [0.5, 0.6) is 0 Å². The van der Waals surface area contributed by atoms with E-state index in [0.717, 1.165) is 16.7 Å². The lowest BCUT2D eigenvalue weighted by molar-refractivity contribution is -0.124. The molecule has 3 rings (SSSR count). The van der Waals surface area contributed by atoms with Crippen LogP contribution in [0.25, 0.3) is 5.57 Å². The zero-order valence-electron chi connectivity index (χ0n) is 15.0. The molecular weight excluding hydrogens is 382 g/mol. The number of likely N-dealkylation sites (tertiary alicyclic amines) is 1. The smallest absolute Gasteiger partial charge is 0.250 e. The molecular formula is C21H20ClNO3S. The van der Waals surface area contributed by atoms with Gasteiger partial charge in [0.1, 0.15) is 0 Å². The Morgan fingerprint density at radius 3 is 2.19 bits per heavy atom. The lowest BCUT2D eigenvalue weighted by Crippen LogP contribution is -2.25. The second-order valence-corrected chi connectivity index (χ2v) is 8.90. The molecule has 0 N–H and O–H groups in total. The summed E-state index contributed by atoms with van der Waals surface area (Å²) >= 11 is 6.02. The molecule has 0 radical (unpaired) electrons. The van der Waals surface area contributed by atoms with Crippen molar-refractivity contribution in [1.29, 1.82) is 0 Å². The SMILES string of the molecule is C=CCN1CC/C(=C(/c2ccc(Cl)cc2)c2ccc(S(C)(=O)=O)cc2)C1=O. The normalized spacial score (nSPS) is 16.5. The molecule has 0 bridgehead atoms. The maximum Gasteiger partial charge on any atom is 0.250 e. The van der Waals surface area contributed by atoms with Crippen molar-refractivity contribution in [2.75, 3.05) is 19.3 Å². The highest BCUT2D eigenvalue weighted by molar-refractivity contribution is 7.90. The molecule has 27 heavy (non-hydrogen) atoms. The number of hydrogen-bond acceptors (Lipinski definition) is 3. The minimum atomic E-state index is -3.28. The van der Waals surface area contributed by atoms with Crippen LogP contribution in [0, 0.1) is 0 Å². The van der Waals surface area contributed by atoms with Crippen molar-refractivity contribution in [3.63, 3.8) is 0 Å². The number of hydrogen-bond donors (Lipinski definition) is 0. The van der Waals surface area contributed by atoms with Crippen LogP contribution < -0.4 is 0 Å². The van der Waals surface area contributed by atoms with E-state index in [9.17, 15) is 13.2 Å². The van der Waals surface area contributed by atoms with Gasteiger partial charge in [0.2, 0.25) is 0 Å². The molecule has 1 saturated heterocycles. The minimum absolute atomic E-state index is 0.0213. The summed E-state index contributed by atoms with van der Waals surface area (Å²) in [6, 6.07) is 13.9. The van der Waals surface area contributed by atoms with Crippen molar-refractivity contribution in [1.82, 2.24) is 4.90 Å². The standard InChI is InChI=1S/C21H20ClNO3S/c1-3-13-23-14-12-19(21(23)24)20(15-4-8-17(22)9-5-15)16-6-10-18(11-7-16)27(2,25)26/h3-11H,1,12-14H2,2H3/b20-19+. The molecule has 0 spiro atoms. The Kier molecular flexibility index (Phi) is 5.53. The van der Waals surface area contributed by atoms with Gasteiger partial charge >= 0.3 is 0 Å². The highest BCUT2D eigenvalue weighted by Gasteiger charge is 2.29. The average Bonchev–Trinajstić information content (AvgIpc) is 2.98. The van der Waals surface area contributed by atoms with Gasteiger partial charge in [0.25, 0.3) is 5.91 Å². The summed E-state index contributed by atoms with van der Waals surface area (Å²) < 4.78 is 23.5. The second kappa shape index (κ2) is 7.71. The third-order valence-electron chi connectivity index (χ3n) is 4.53. The number of nitrogens with zero attached hydrogens (tertiary/aromatic N) is 1. The first-order valence-electron chi connectivity index (χ1n) is 8.51. The van der Waals surface area contributed by atoms with Crippen LogP contribution in [0.4, 0.5) is 0 Å². The number of amides is 1. The number of carbonyl (C=O) groups excluding carboxylic acids is 1. The number of halogens is 1. The van der Waals surface area contributed by atoms with Crippen LogP contribution in [0.3, 0.4) is 0 Å². The van der Waals surface area contributed by atoms with E-state index < -0.39 is 9.84 Å². The molecule has 1 aliphatic heterocycles. The Hall–Kier alpha value is -2.37. The van der Waals surface area contributed by atoms with Crippen molar-refractivity contribution in [3.05, 3.63) is 82.9 Å². The fourth-order valence-electron chi connectivity index (χ4n) is 3.21. The molecule has 1 amide bonds. The van der Waals surface area contributed by atoms with Crippen molar-refractivity contribution in [3.8, 4) is 0 Å². The summed E-state index contributed by atoms with van der Waals surface area (Å²) in [5.41, 5.74) is 3.19. The Bertz CT molecular complexity index is 1010. The molecule has 6 heteroatoms. The lowest BCUT2D eigenvalue weighted by atomic mass is 9.92. The Morgan fingerprint density at radius 2 is 1.67 bits per heavy atom. The average molecular weight is 402 g/mol. The van der Waals surface area contributed by atoms with Gasteiger partial charge in [0.05, 0.1) is 4.90 Å². The monoisotopic (exact) mass is 401 g/mol. The van der Waals surface area contributed by atoms with Gasteiger partial charge in [0, 0.05) is 29.9 Å². The van der Waals surface area contributed by atoms with Crippen molar-refractivity contribution in [2.24, 2.45) is 0 Å². The van der Waals surface area contributed by atoms with Gasteiger partial charge in [-0.2, -0.15) is 0 Å². The predicted molar refractivity (Wildman–Crippen MR) is 108 cm³/mol. The van der Waals surface area contributed by atoms with Crippen molar-refractivity contribution < 1.29 is 13.2 Å². The van der Waals surface area contributed by atoms with Gasteiger partial charge in [-0.15, -0.1) is 6.58 Å². The zero-order chi connectivity index (χ0) is 19.6. The fraction of sp³-hybridized carbons (Fsp3) is 0.190. The van der Waals surface area contributed by atoms with Gasteiger partial charge in [0.15, 0.2) is 9.84 Å². The lowest BCUT2D eigenvalue weighted by Gasteiger charge is -2.15. The highest BCUT2D eigenvalue weighted by Crippen LogP contribution is 2.33. The first-order chi connectivity index (χ1) is 12.8. The first-order valence-corrected chi connectivity index (χ1v) is 10.8. The molecule has 1 heterocycles. The largest absolute Gasteiger partial charge is 0.335 e. The van der Waals surface area contributed by atoms with Gasteiger partial charge < -0.3 is 4.90 Å². The van der Waals surface area contributed by atoms with Crippen molar-refractivity contribution >= 4 is 32.9 Å².